The first-order valence-electron chi connectivity index (χ1n) is 6.93. The van der Waals surface area contributed by atoms with Gasteiger partial charge >= 0.3 is 12.1 Å². The van der Waals surface area contributed by atoms with Crippen molar-refractivity contribution in [2.75, 3.05) is 19.6 Å². The van der Waals surface area contributed by atoms with Crippen LogP contribution in [0.15, 0.2) is 0 Å². The van der Waals surface area contributed by atoms with Crippen LogP contribution in [0.1, 0.15) is 33.1 Å². The van der Waals surface area contributed by atoms with Gasteiger partial charge in [-0.2, -0.15) is 0 Å². The number of hydrogen-bond donors (Lipinski definition) is 1. The van der Waals surface area contributed by atoms with Crippen LogP contribution >= 0.6 is 0 Å². The Hall–Kier alpha value is -1.30. The molecule has 0 aromatic rings. The molecular formula is C13H22N2O4. The fourth-order valence-corrected chi connectivity index (χ4v) is 2.94. The molecule has 1 N–H and O–H groups in total. The van der Waals surface area contributed by atoms with Crippen LogP contribution in [-0.4, -0.2) is 64.8 Å². The Morgan fingerprint density at radius 1 is 1.47 bits per heavy atom. The minimum Gasteiger partial charge on any atom is -0.478 e. The Kier molecular flexibility index (Phi) is 4.29. The number of ether oxygens (including phenoxy) is 1. The number of carbonyl (C=O) groups excluding carboxylic acids is 1. The van der Waals surface area contributed by atoms with Crippen molar-refractivity contribution in [2.24, 2.45) is 0 Å². The molecule has 2 aliphatic rings. The zero-order valence-corrected chi connectivity index (χ0v) is 11.5. The van der Waals surface area contributed by atoms with E-state index in [2.05, 4.69) is 18.7 Å². The van der Waals surface area contributed by atoms with Gasteiger partial charge in [0.25, 0.3) is 0 Å². The predicted octanol–water partition coefficient (Wildman–Crippen LogP) is 1.15. The van der Waals surface area contributed by atoms with Crippen LogP contribution in [0.25, 0.3) is 0 Å². The highest BCUT2D eigenvalue weighted by atomic mass is 16.6. The second kappa shape index (κ2) is 5.77. The van der Waals surface area contributed by atoms with Crippen molar-refractivity contribution in [1.29, 1.82) is 0 Å². The molecule has 0 radical (unpaired) electrons. The van der Waals surface area contributed by atoms with E-state index in [0.717, 1.165) is 13.0 Å². The average Bonchev–Trinajstić information content (AvgIpc) is 2.72. The first-order valence-corrected chi connectivity index (χ1v) is 6.93. The number of carboxylic acids is 1. The lowest BCUT2D eigenvalue weighted by molar-refractivity contribution is -0.144. The van der Waals surface area contributed by atoms with Gasteiger partial charge in [-0.15, -0.1) is 0 Å². The Labute approximate surface area is 113 Å². The number of carboxylic acid groups (broad SMARTS) is 1. The molecule has 1 amide bonds. The van der Waals surface area contributed by atoms with Crippen LogP contribution in [0.2, 0.25) is 0 Å². The third-order valence-corrected chi connectivity index (χ3v) is 3.93. The molecule has 2 rings (SSSR count). The summed E-state index contributed by atoms with van der Waals surface area (Å²) < 4.78 is 4.84. The first-order chi connectivity index (χ1) is 8.99. The zero-order valence-electron chi connectivity index (χ0n) is 11.5. The second-order valence-corrected chi connectivity index (χ2v) is 5.60. The molecule has 0 aromatic carbocycles. The summed E-state index contributed by atoms with van der Waals surface area (Å²) in [6, 6.07) is 0.757. The summed E-state index contributed by atoms with van der Waals surface area (Å²) in [7, 11) is 0. The Morgan fingerprint density at radius 3 is 2.79 bits per heavy atom. The minimum atomic E-state index is -1.07. The van der Waals surface area contributed by atoms with Gasteiger partial charge in [-0.1, -0.05) is 6.42 Å². The summed E-state index contributed by atoms with van der Waals surface area (Å²) in [4.78, 5) is 26.4. The maximum Gasteiger partial charge on any atom is 0.410 e. The van der Waals surface area contributed by atoms with Crippen LogP contribution in [-0.2, 0) is 9.53 Å². The molecule has 0 spiro atoms. The molecule has 2 atom stereocenters. The topological polar surface area (TPSA) is 70.1 Å². The summed E-state index contributed by atoms with van der Waals surface area (Å²) in [6.07, 6.45) is 1.90. The molecule has 6 heteroatoms. The van der Waals surface area contributed by atoms with Crippen molar-refractivity contribution in [3.63, 3.8) is 0 Å². The quantitative estimate of drug-likeness (QED) is 0.830. The summed E-state index contributed by atoms with van der Waals surface area (Å²) in [5, 5.41) is 8.88. The largest absolute Gasteiger partial charge is 0.478 e. The number of carbonyl (C=O) groups is 2. The molecular weight excluding hydrogens is 248 g/mol. The molecule has 108 valence electrons. The van der Waals surface area contributed by atoms with Gasteiger partial charge in [0.05, 0.1) is 6.54 Å². The van der Waals surface area contributed by atoms with Crippen molar-refractivity contribution in [3.8, 4) is 0 Å². The number of cyclic esters (lactones) is 1. The smallest absolute Gasteiger partial charge is 0.410 e. The van der Waals surface area contributed by atoms with Crippen LogP contribution in [0.3, 0.4) is 0 Å². The number of likely N-dealkylation sites (tertiary alicyclic amines) is 1. The van der Waals surface area contributed by atoms with Gasteiger partial charge in [-0.25, -0.2) is 9.59 Å². The predicted molar refractivity (Wildman–Crippen MR) is 69.0 cm³/mol. The number of nitrogens with zero attached hydrogens (tertiary/aromatic N) is 2. The molecule has 0 bridgehead atoms. The number of piperidine rings is 1. The van der Waals surface area contributed by atoms with Gasteiger partial charge in [0, 0.05) is 18.6 Å². The van der Waals surface area contributed by atoms with E-state index in [9.17, 15) is 9.59 Å². The first kappa shape index (κ1) is 14.1. The number of aliphatic carboxylic acids is 1. The van der Waals surface area contributed by atoms with Crippen LogP contribution in [0.4, 0.5) is 4.79 Å². The van der Waals surface area contributed by atoms with Gasteiger partial charge in [-0.05, 0) is 33.2 Å². The van der Waals surface area contributed by atoms with Gasteiger partial charge < -0.3 is 14.7 Å². The Morgan fingerprint density at radius 2 is 2.21 bits per heavy atom. The maximum absolute atomic E-state index is 11.7. The molecule has 2 fully saturated rings. The highest BCUT2D eigenvalue weighted by Gasteiger charge is 2.38. The van der Waals surface area contributed by atoms with E-state index in [1.165, 1.54) is 17.7 Å². The van der Waals surface area contributed by atoms with Crippen LogP contribution in [0, 0.1) is 0 Å². The van der Waals surface area contributed by atoms with Gasteiger partial charge in [0.2, 0.25) is 6.10 Å². The summed E-state index contributed by atoms with van der Waals surface area (Å²) in [5.74, 6) is -1.07. The van der Waals surface area contributed by atoms with Crippen LogP contribution < -0.4 is 0 Å². The lowest BCUT2D eigenvalue weighted by atomic mass is 10.00. The number of hydrogen-bond acceptors (Lipinski definition) is 4. The molecule has 0 aromatic heterocycles. The van der Waals surface area contributed by atoms with E-state index in [1.54, 1.807) is 0 Å². The SMILES string of the molecule is CC(C)N1CCCCC1CN1C[C@H](C(=O)O)OC1=O. The number of amides is 1. The molecule has 2 heterocycles. The maximum atomic E-state index is 11.7. The average molecular weight is 270 g/mol. The summed E-state index contributed by atoms with van der Waals surface area (Å²) >= 11 is 0. The van der Waals surface area contributed by atoms with Crippen molar-refractivity contribution < 1.29 is 19.4 Å². The molecule has 2 saturated heterocycles. The van der Waals surface area contributed by atoms with Gasteiger partial charge in [0.15, 0.2) is 0 Å². The van der Waals surface area contributed by atoms with Crippen molar-refractivity contribution >= 4 is 12.1 Å². The van der Waals surface area contributed by atoms with E-state index >= 15 is 0 Å². The fraction of sp³-hybridized carbons (Fsp3) is 0.846. The summed E-state index contributed by atoms with van der Waals surface area (Å²) in [5.41, 5.74) is 0. The standard InChI is InChI=1S/C13H22N2O4/c1-9(2)15-6-4-3-5-10(15)7-14-8-11(12(16)17)19-13(14)18/h9-11H,3-8H2,1-2H3,(H,16,17)/t10?,11-/m1/s1. The molecule has 19 heavy (non-hydrogen) atoms. The van der Waals surface area contributed by atoms with E-state index in [0.29, 0.717) is 18.6 Å². The highest BCUT2D eigenvalue weighted by Crippen LogP contribution is 2.22. The Balaban J connectivity index is 1.96. The lowest BCUT2D eigenvalue weighted by Crippen LogP contribution is -2.50. The molecule has 0 saturated carbocycles. The van der Waals surface area contributed by atoms with E-state index in [4.69, 9.17) is 9.84 Å². The molecule has 1 unspecified atom stereocenters. The van der Waals surface area contributed by atoms with Crippen molar-refractivity contribution in [2.45, 2.75) is 51.3 Å². The van der Waals surface area contributed by atoms with E-state index in [-0.39, 0.29) is 6.54 Å². The van der Waals surface area contributed by atoms with Crippen molar-refractivity contribution in [1.82, 2.24) is 9.80 Å². The minimum absolute atomic E-state index is 0.163. The van der Waals surface area contributed by atoms with E-state index in [1.807, 2.05) is 0 Å². The molecule has 6 nitrogen and oxygen atoms in total. The second-order valence-electron chi connectivity index (χ2n) is 5.60. The monoisotopic (exact) mass is 270 g/mol. The zero-order chi connectivity index (χ0) is 14.0. The normalized spacial score (nSPS) is 28.8. The number of rotatable bonds is 4. The van der Waals surface area contributed by atoms with Gasteiger partial charge in [-0.3, -0.25) is 4.90 Å². The van der Waals surface area contributed by atoms with Crippen LogP contribution in [0.5, 0.6) is 0 Å². The third kappa shape index (κ3) is 3.18. The Bertz CT molecular complexity index is 359. The van der Waals surface area contributed by atoms with Crippen molar-refractivity contribution in [3.05, 3.63) is 0 Å². The fourth-order valence-electron chi connectivity index (χ4n) is 2.94. The third-order valence-electron chi connectivity index (χ3n) is 3.93. The highest BCUT2D eigenvalue weighted by molar-refractivity contribution is 5.81. The molecule has 2 aliphatic heterocycles. The lowest BCUT2D eigenvalue weighted by Gasteiger charge is -2.39. The van der Waals surface area contributed by atoms with E-state index < -0.39 is 18.2 Å². The molecule has 0 aliphatic carbocycles. The van der Waals surface area contributed by atoms with Gasteiger partial charge in [0.1, 0.15) is 0 Å². The summed E-state index contributed by atoms with van der Waals surface area (Å²) in [6.45, 7) is 6.09.